The van der Waals surface area contributed by atoms with Gasteiger partial charge in [-0.1, -0.05) is 12.8 Å². The first-order valence-corrected chi connectivity index (χ1v) is 8.06. The second-order valence-corrected chi connectivity index (χ2v) is 6.09. The average molecular weight is 275 g/mol. The molecule has 1 aliphatic heterocycles. The Morgan fingerprint density at radius 1 is 1.25 bits per heavy atom. The molecule has 1 aromatic rings. The maximum absolute atomic E-state index is 5.40. The van der Waals surface area contributed by atoms with Crippen LogP contribution < -0.4 is 5.32 Å². The van der Waals surface area contributed by atoms with Crippen LogP contribution >= 0.6 is 0 Å². The summed E-state index contributed by atoms with van der Waals surface area (Å²) < 4.78 is 5.40. The number of anilines is 1. The molecule has 1 N–H and O–H groups in total. The van der Waals surface area contributed by atoms with Gasteiger partial charge in [-0.2, -0.15) is 0 Å². The number of aromatic nitrogens is 2. The van der Waals surface area contributed by atoms with E-state index >= 15 is 0 Å². The van der Waals surface area contributed by atoms with Crippen LogP contribution in [-0.2, 0) is 4.74 Å². The number of nitrogens with zero attached hydrogens (tertiary/aromatic N) is 2. The Bertz CT molecular complexity index is 412. The van der Waals surface area contributed by atoms with E-state index in [1.54, 1.807) is 0 Å². The van der Waals surface area contributed by atoms with Crippen LogP contribution in [0.4, 0.5) is 5.95 Å². The van der Waals surface area contributed by atoms with Gasteiger partial charge in [-0.25, -0.2) is 9.97 Å². The van der Waals surface area contributed by atoms with E-state index in [1.807, 2.05) is 6.20 Å². The molecule has 1 atom stereocenters. The molecule has 1 saturated heterocycles. The summed E-state index contributed by atoms with van der Waals surface area (Å²) in [5.74, 6) is 2.23. The lowest BCUT2D eigenvalue weighted by molar-refractivity contribution is 0.184. The Kier molecular flexibility index (Phi) is 4.85. The van der Waals surface area contributed by atoms with E-state index < -0.39 is 0 Å². The Morgan fingerprint density at radius 3 is 2.95 bits per heavy atom. The third-order valence-electron chi connectivity index (χ3n) is 4.55. The van der Waals surface area contributed by atoms with Gasteiger partial charge >= 0.3 is 0 Å². The van der Waals surface area contributed by atoms with E-state index in [4.69, 9.17) is 4.74 Å². The summed E-state index contributed by atoms with van der Waals surface area (Å²) in [4.78, 5) is 9.01. The zero-order chi connectivity index (χ0) is 13.6. The lowest BCUT2D eigenvalue weighted by Gasteiger charge is -2.11. The van der Waals surface area contributed by atoms with Crippen molar-refractivity contribution in [3.05, 3.63) is 18.0 Å². The SMILES string of the molecule is c1cc(C2CCCC2)nc(NCCC[C@@H]2CCOC2)n1. The average Bonchev–Trinajstić information content (AvgIpc) is 3.17. The predicted molar refractivity (Wildman–Crippen MR) is 79.9 cm³/mol. The highest BCUT2D eigenvalue weighted by Crippen LogP contribution is 2.32. The van der Waals surface area contributed by atoms with Crippen molar-refractivity contribution in [1.29, 1.82) is 0 Å². The van der Waals surface area contributed by atoms with Crippen molar-refractivity contribution in [3.63, 3.8) is 0 Å². The zero-order valence-corrected chi connectivity index (χ0v) is 12.2. The highest BCUT2D eigenvalue weighted by atomic mass is 16.5. The largest absolute Gasteiger partial charge is 0.381 e. The number of nitrogens with one attached hydrogen (secondary N) is 1. The third kappa shape index (κ3) is 3.69. The Balaban J connectivity index is 1.43. The molecule has 1 aliphatic carbocycles. The summed E-state index contributed by atoms with van der Waals surface area (Å²) in [5, 5.41) is 3.37. The summed E-state index contributed by atoms with van der Waals surface area (Å²) in [6.07, 6.45) is 10.8. The maximum Gasteiger partial charge on any atom is 0.222 e. The zero-order valence-electron chi connectivity index (χ0n) is 12.2. The lowest BCUT2D eigenvalue weighted by atomic mass is 10.0. The van der Waals surface area contributed by atoms with Gasteiger partial charge in [0, 0.05) is 37.6 Å². The summed E-state index contributed by atoms with van der Waals surface area (Å²) in [7, 11) is 0. The molecule has 4 nitrogen and oxygen atoms in total. The van der Waals surface area contributed by atoms with Gasteiger partial charge in [0.2, 0.25) is 5.95 Å². The summed E-state index contributed by atoms with van der Waals surface area (Å²) >= 11 is 0. The second-order valence-electron chi connectivity index (χ2n) is 6.09. The molecule has 0 amide bonds. The van der Waals surface area contributed by atoms with Crippen molar-refractivity contribution in [1.82, 2.24) is 9.97 Å². The van der Waals surface area contributed by atoms with Gasteiger partial charge in [0.05, 0.1) is 0 Å². The number of ether oxygens (including phenoxy) is 1. The molecule has 20 heavy (non-hydrogen) atoms. The van der Waals surface area contributed by atoms with Gasteiger partial charge < -0.3 is 10.1 Å². The second kappa shape index (κ2) is 7.02. The van der Waals surface area contributed by atoms with Crippen molar-refractivity contribution < 1.29 is 4.74 Å². The van der Waals surface area contributed by atoms with Crippen molar-refractivity contribution in [2.24, 2.45) is 5.92 Å². The first-order chi connectivity index (χ1) is 9.92. The minimum atomic E-state index is 0.661. The maximum atomic E-state index is 5.40. The number of hydrogen-bond donors (Lipinski definition) is 1. The molecular weight excluding hydrogens is 250 g/mol. The summed E-state index contributed by atoms with van der Waals surface area (Å²) in [6, 6.07) is 2.08. The van der Waals surface area contributed by atoms with E-state index in [-0.39, 0.29) is 0 Å². The normalized spacial score (nSPS) is 23.3. The van der Waals surface area contributed by atoms with Crippen LogP contribution in [0.15, 0.2) is 12.3 Å². The predicted octanol–water partition coefficient (Wildman–Crippen LogP) is 3.36. The van der Waals surface area contributed by atoms with Gasteiger partial charge in [0.15, 0.2) is 0 Å². The molecule has 1 saturated carbocycles. The van der Waals surface area contributed by atoms with E-state index in [9.17, 15) is 0 Å². The van der Waals surface area contributed by atoms with Crippen LogP contribution in [0.3, 0.4) is 0 Å². The van der Waals surface area contributed by atoms with E-state index in [1.165, 1.54) is 50.6 Å². The molecule has 2 heterocycles. The third-order valence-corrected chi connectivity index (χ3v) is 4.55. The molecule has 0 radical (unpaired) electrons. The van der Waals surface area contributed by atoms with Crippen molar-refractivity contribution >= 4 is 5.95 Å². The van der Waals surface area contributed by atoms with Crippen LogP contribution in [0.5, 0.6) is 0 Å². The van der Waals surface area contributed by atoms with Crippen LogP contribution in [0.25, 0.3) is 0 Å². The van der Waals surface area contributed by atoms with Crippen LogP contribution in [-0.4, -0.2) is 29.7 Å². The number of hydrogen-bond acceptors (Lipinski definition) is 4. The molecule has 3 rings (SSSR count). The fourth-order valence-electron chi connectivity index (χ4n) is 3.31. The van der Waals surface area contributed by atoms with E-state index in [0.29, 0.717) is 5.92 Å². The molecule has 2 aliphatic rings. The van der Waals surface area contributed by atoms with Crippen LogP contribution in [0.2, 0.25) is 0 Å². The van der Waals surface area contributed by atoms with Crippen molar-refractivity contribution in [2.75, 3.05) is 25.1 Å². The highest BCUT2D eigenvalue weighted by Gasteiger charge is 2.18. The van der Waals surface area contributed by atoms with Crippen molar-refractivity contribution in [3.8, 4) is 0 Å². The van der Waals surface area contributed by atoms with Crippen molar-refractivity contribution in [2.45, 2.75) is 50.9 Å². The molecule has 0 spiro atoms. The van der Waals surface area contributed by atoms with Gasteiger partial charge in [0.1, 0.15) is 0 Å². The Hall–Kier alpha value is -1.16. The lowest BCUT2D eigenvalue weighted by Crippen LogP contribution is -2.09. The molecule has 0 unspecified atom stereocenters. The van der Waals surface area contributed by atoms with Gasteiger partial charge in [-0.15, -0.1) is 0 Å². The smallest absolute Gasteiger partial charge is 0.222 e. The minimum absolute atomic E-state index is 0.661. The molecular formula is C16H25N3O. The first-order valence-electron chi connectivity index (χ1n) is 8.06. The topological polar surface area (TPSA) is 47.0 Å². The standard InChI is InChI=1S/C16H25N3O/c1-2-6-14(5-1)15-7-10-18-16(19-15)17-9-3-4-13-8-11-20-12-13/h7,10,13-14H,1-6,8-9,11-12H2,(H,17,18,19)/t13-/m1/s1. The Labute approximate surface area is 121 Å². The monoisotopic (exact) mass is 275 g/mol. The summed E-state index contributed by atoms with van der Waals surface area (Å²) in [5.41, 5.74) is 1.23. The van der Waals surface area contributed by atoms with Gasteiger partial charge in [-0.05, 0) is 44.1 Å². The molecule has 4 heteroatoms. The minimum Gasteiger partial charge on any atom is -0.381 e. The number of rotatable bonds is 6. The van der Waals surface area contributed by atoms with Gasteiger partial charge in [-0.3, -0.25) is 0 Å². The molecule has 110 valence electrons. The van der Waals surface area contributed by atoms with E-state index in [2.05, 4.69) is 21.4 Å². The first kappa shape index (κ1) is 13.8. The fourth-order valence-corrected chi connectivity index (χ4v) is 3.31. The van der Waals surface area contributed by atoms with Gasteiger partial charge in [0.25, 0.3) is 0 Å². The summed E-state index contributed by atoms with van der Waals surface area (Å²) in [6.45, 7) is 2.86. The molecule has 0 aromatic carbocycles. The van der Waals surface area contributed by atoms with Crippen LogP contribution in [0.1, 0.15) is 56.6 Å². The van der Waals surface area contributed by atoms with E-state index in [0.717, 1.165) is 31.6 Å². The highest BCUT2D eigenvalue weighted by molar-refractivity contribution is 5.26. The molecule has 1 aromatic heterocycles. The van der Waals surface area contributed by atoms with Crippen LogP contribution in [0, 0.1) is 5.92 Å². The quantitative estimate of drug-likeness (QED) is 0.809. The molecule has 2 fully saturated rings. The Morgan fingerprint density at radius 2 is 2.15 bits per heavy atom. The fraction of sp³-hybridized carbons (Fsp3) is 0.750. The molecule has 0 bridgehead atoms.